The van der Waals surface area contributed by atoms with E-state index in [4.69, 9.17) is 9.47 Å². The van der Waals surface area contributed by atoms with Crippen molar-refractivity contribution in [2.24, 2.45) is 0 Å². The van der Waals surface area contributed by atoms with Gasteiger partial charge in [0.05, 0.1) is 25.5 Å². The van der Waals surface area contributed by atoms with Crippen LogP contribution in [0.15, 0.2) is 30.3 Å². The van der Waals surface area contributed by atoms with Gasteiger partial charge in [0, 0.05) is 32.2 Å². The molecule has 0 unspecified atom stereocenters. The fraction of sp³-hybridized carbons (Fsp3) is 0.500. The molecule has 1 aromatic carbocycles. The monoisotopic (exact) mass is 426 g/mol. The van der Waals surface area contributed by atoms with Crippen LogP contribution in [0.5, 0.6) is 5.88 Å². The Labute approximate surface area is 182 Å². The zero-order valence-electron chi connectivity index (χ0n) is 18.1. The number of aliphatic hydroxyl groups is 1. The number of rotatable bonds is 9. The van der Waals surface area contributed by atoms with Crippen LogP contribution in [0.2, 0.25) is 0 Å². The van der Waals surface area contributed by atoms with Crippen LogP contribution in [0.3, 0.4) is 0 Å². The lowest BCUT2D eigenvalue weighted by Crippen LogP contribution is -2.35. The first-order valence-electron chi connectivity index (χ1n) is 10.8. The van der Waals surface area contributed by atoms with Crippen LogP contribution in [0.25, 0.3) is 5.78 Å². The van der Waals surface area contributed by atoms with E-state index in [9.17, 15) is 5.11 Å². The fourth-order valence-corrected chi connectivity index (χ4v) is 3.49. The summed E-state index contributed by atoms with van der Waals surface area (Å²) in [6.07, 6.45) is 0. The molecule has 9 heteroatoms. The SMILES string of the molecule is CC(C)c1ccc(CNc2nc3nc(CN4CCOCC4)cc(OCCO)n3n2)cc1. The largest absolute Gasteiger partial charge is 0.475 e. The molecule has 2 aromatic heterocycles. The molecule has 1 fully saturated rings. The van der Waals surface area contributed by atoms with E-state index in [1.54, 1.807) is 4.52 Å². The van der Waals surface area contributed by atoms with Gasteiger partial charge in [0.1, 0.15) is 6.61 Å². The first-order chi connectivity index (χ1) is 15.1. The lowest BCUT2D eigenvalue weighted by Gasteiger charge is -2.26. The molecule has 0 bridgehead atoms. The van der Waals surface area contributed by atoms with Crippen molar-refractivity contribution in [1.29, 1.82) is 0 Å². The summed E-state index contributed by atoms with van der Waals surface area (Å²) < 4.78 is 12.7. The van der Waals surface area contributed by atoms with E-state index in [2.05, 4.69) is 63.4 Å². The van der Waals surface area contributed by atoms with Gasteiger partial charge >= 0.3 is 0 Å². The van der Waals surface area contributed by atoms with Crippen LogP contribution in [-0.2, 0) is 17.8 Å². The number of hydrogen-bond acceptors (Lipinski definition) is 8. The highest BCUT2D eigenvalue weighted by molar-refractivity contribution is 5.41. The third-order valence-corrected chi connectivity index (χ3v) is 5.26. The number of benzene rings is 1. The van der Waals surface area contributed by atoms with Gasteiger partial charge in [-0.15, -0.1) is 5.10 Å². The predicted molar refractivity (Wildman–Crippen MR) is 117 cm³/mol. The Morgan fingerprint density at radius 3 is 2.65 bits per heavy atom. The molecule has 4 rings (SSSR count). The summed E-state index contributed by atoms with van der Waals surface area (Å²) in [6, 6.07) is 10.4. The Hall–Kier alpha value is -2.75. The van der Waals surface area contributed by atoms with Gasteiger partial charge in [-0.3, -0.25) is 4.90 Å². The highest BCUT2D eigenvalue weighted by Gasteiger charge is 2.16. The van der Waals surface area contributed by atoms with Crippen LogP contribution in [-0.4, -0.2) is 69.1 Å². The number of aromatic nitrogens is 4. The first-order valence-corrected chi connectivity index (χ1v) is 10.8. The molecule has 0 saturated carbocycles. The summed E-state index contributed by atoms with van der Waals surface area (Å²) in [5.74, 6) is 1.98. The lowest BCUT2D eigenvalue weighted by atomic mass is 10.0. The van der Waals surface area contributed by atoms with Crippen LogP contribution in [0, 0.1) is 0 Å². The second-order valence-corrected chi connectivity index (χ2v) is 7.94. The Balaban J connectivity index is 1.51. The van der Waals surface area contributed by atoms with E-state index in [-0.39, 0.29) is 13.2 Å². The number of ether oxygens (including phenoxy) is 2. The molecule has 2 N–H and O–H groups in total. The number of anilines is 1. The molecule has 3 heterocycles. The minimum absolute atomic E-state index is 0.0746. The minimum Gasteiger partial charge on any atom is -0.475 e. The molecule has 31 heavy (non-hydrogen) atoms. The van der Waals surface area contributed by atoms with Gasteiger partial charge in [-0.25, -0.2) is 4.98 Å². The maximum Gasteiger partial charge on any atom is 0.257 e. The van der Waals surface area contributed by atoms with Crippen molar-refractivity contribution < 1.29 is 14.6 Å². The number of fused-ring (bicyclic) bond motifs is 1. The zero-order chi connectivity index (χ0) is 21.6. The van der Waals surface area contributed by atoms with Gasteiger partial charge < -0.3 is 19.9 Å². The van der Waals surface area contributed by atoms with E-state index in [1.807, 2.05) is 6.07 Å². The smallest absolute Gasteiger partial charge is 0.257 e. The highest BCUT2D eigenvalue weighted by Crippen LogP contribution is 2.19. The second-order valence-electron chi connectivity index (χ2n) is 7.94. The number of nitrogens with one attached hydrogen (secondary N) is 1. The van der Waals surface area contributed by atoms with Crippen molar-refractivity contribution in [3.8, 4) is 5.88 Å². The van der Waals surface area contributed by atoms with Gasteiger partial charge in [0.15, 0.2) is 0 Å². The van der Waals surface area contributed by atoms with Gasteiger partial charge in [-0.2, -0.15) is 9.50 Å². The molecule has 0 spiro atoms. The summed E-state index contributed by atoms with van der Waals surface area (Å²) in [4.78, 5) is 11.5. The molecule has 166 valence electrons. The molecular weight excluding hydrogens is 396 g/mol. The molecule has 1 saturated heterocycles. The van der Waals surface area contributed by atoms with Crippen molar-refractivity contribution in [3.63, 3.8) is 0 Å². The Morgan fingerprint density at radius 2 is 1.94 bits per heavy atom. The number of aliphatic hydroxyl groups excluding tert-OH is 1. The summed E-state index contributed by atoms with van der Waals surface area (Å²) in [6.45, 7) is 8.98. The van der Waals surface area contributed by atoms with E-state index < -0.39 is 0 Å². The summed E-state index contributed by atoms with van der Waals surface area (Å²) in [5, 5.41) is 17.0. The second kappa shape index (κ2) is 10.0. The van der Waals surface area contributed by atoms with Crippen molar-refractivity contribution in [1.82, 2.24) is 24.5 Å². The quantitative estimate of drug-likeness (QED) is 0.537. The van der Waals surface area contributed by atoms with E-state index in [0.29, 0.717) is 36.6 Å². The van der Waals surface area contributed by atoms with Gasteiger partial charge in [0.25, 0.3) is 5.78 Å². The Morgan fingerprint density at radius 1 is 1.16 bits per heavy atom. The van der Waals surface area contributed by atoms with E-state index in [0.717, 1.165) is 37.6 Å². The molecule has 9 nitrogen and oxygen atoms in total. The Kier molecular flexibility index (Phi) is 6.96. The van der Waals surface area contributed by atoms with Gasteiger partial charge in [0.2, 0.25) is 11.8 Å². The average molecular weight is 427 g/mol. The number of hydrogen-bond donors (Lipinski definition) is 2. The summed E-state index contributed by atoms with van der Waals surface area (Å²) >= 11 is 0. The van der Waals surface area contributed by atoms with Gasteiger partial charge in [-0.05, 0) is 17.0 Å². The molecule has 0 atom stereocenters. The Bertz CT molecular complexity index is 983. The number of nitrogens with zero attached hydrogens (tertiary/aromatic N) is 5. The molecule has 0 amide bonds. The topological polar surface area (TPSA) is 97.0 Å². The lowest BCUT2D eigenvalue weighted by molar-refractivity contribution is 0.0336. The summed E-state index contributed by atoms with van der Waals surface area (Å²) in [7, 11) is 0. The molecular formula is C22H30N6O3. The molecule has 0 aliphatic carbocycles. The van der Waals surface area contributed by atoms with Crippen LogP contribution in [0.4, 0.5) is 5.95 Å². The van der Waals surface area contributed by atoms with E-state index in [1.165, 1.54) is 5.56 Å². The standard InChI is InChI=1S/C22H30N6O3/c1-16(2)18-5-3-17(4-6-18)14-23-21-25-22-24-19(15-27-7-10-30-11-8-27)13-20(28(22)26-21)31-12-9-29/h3-6,13,16,29H,7-12,14-15H2,1-2H3,(H,23,26). The fourth-order valence-electron chi connectivity index (χ4n) is 3.49. The average Bonchev–Trinajstić information content (AvgIpc) is 3.20. The summed E-state index contributed by atoms with van der Waals surface area (Å²) in [5.41, 5.74) is 3.32. The number of morpholine rings is 1. The third-order valence-electron chi connectivity index (χ3n) is 5.26. The molecule has 1 aliphatic heterocycles. The predicted octanol–water partition coefficient (Wildman–Crippen LogP) is 2.06. The zero-order valence-corrected chi connectivity index (χ0v) is 18.1. The third kappa shape index (κ3) is 5.49. The minimum atomic E-state index is -0.0746. The van der Waals surface area contributed by atoms with Crippen LogP contribution in [0.1, 0.15) is 36.6 Å². The maximum atomic E-state index is 9.18. The van der Waals surface area contributed by atoms with Crippen LogP contribution < -0.4 is 10.1 Å². The van der Waals surface area contributed by atoms with Crippen molar-refractivity contribution >= 4 is 11.7 Å². The van der Waals surface area contributed by atoms with Gasteiger partial charge in [-0.1, -0.05) is 38.1 Å². The first kappa shape index (κ1) is 21.5. The molecule has 0 radical (unpaired) electrons. The van der Waals surface area contributed by atoms with Crippen molar-refractivity contribution in [2.45, 2.75) is 32.9 Å². The van der Waals surface area contributed by atoms with Crippen LogP contribution >= 0.6 is 0 Å². The maximum absolute atomic E-state index is 9.18. The molecule has 1 aliphatic rings. The molecule has 3 aromatic rings. The van der Waals surface area contributed by atoms with E-state index >= 15 is 0 Å². The normalized spacial score (nSPS) is 15.0. The van der Waals surface area contributed by atoms with Crippen molar-refractivity contribution in [2.75, 3.05) is 44.8 Å². The van der Waals surface area contributed by atoms with Crippen molar-refractivity contribution in [3.05, 3.63) is 47.2 Å². The highest BCUT2D eigenvalue weighted by atomic mass is 16.5.